The summed E-state index contributed by atoms with van der Waals surface area (Å²) in [4.78, 5) is 22.4. The molecule has 0 fully saturated rings. The molecule has 6 nitrogen and oxygen atoms in total. The van der Waals surface area contributed by atoms with E-state index in [-0.39, 0.29) is 36.4 Å². The van der Waals surface area contributed by atoms with E-state index in [0.29, 0.717) is 0 Å². The Balaban J connectivity index is 0.00000400. The lowest BCUT2D eigenvalue weighted by atomic mass is 9.88. The Hall–Kier alpha value is -1.11. The first-order chi connectivity index (χ1) is 9.38. The van der Waals surface area contributed by atoms with Gasteiger partial charge in [-0.25, -0.2) is 4.79 Å². The Morgan fingerprint density at radius 2 is 2.05 bits per heavy atom. The van der Waals surface area contributed by atoms with Crippen LogP contribution < -0.4 is 11.1 Å². The molecular formula is C14H25ClN2O4. The maximum atomic E-state index is 11.2. The number of nitrogens with two attached hydrogens (primary N) is 1. The lowest BCUT2D eigenvalue weighted by Gasteiger charge is -2.35. The van der Waals surface area contributed by atoms with Crippen molar-refractivity contribution < 1.29 is 19.4 Å². The number of aliphatic carboxylic acids is 1. The summed E-state index contributed by atoms with van der Waals surface area (Å²) in [6.45, 7) is 5.41. The number of ether oxygens (including phenoxy) is 1. The van der Waals surface area contributed by atoms with E-state index in [1.54, 1.807) is 6.08 Å². The van der Waals surface area contributed by atoms with Gasteiger partial charge in [0.1, 0.15) is 0 Å². The first kappa shape index (κ1) is 19.9. The van der Waals surface area contributed by atoms with E-state index < -0.39 is 24.2 Å². The molecule has 1 amide bonds. The minimum absolute atomic E-state index is 0. The van der Waals surface area contributed by atoms with Crippen LogP contribution in [0.2, 0.25) is 0 Å². The van der Waals surface area contributed by atoms with Crippen molar-refractivity contribution in [3.63, 3.8) is 0 Å². The molecule has 0 radical (unpaired) electrons. The number of carboxylic acid groups (broad SMARTS) is 1. The number of carboxylic acids is 1. The Bertz CT molecular complexity index is 396. The predicted octanol–water partition coefficient (Wildman–Crippen LogP) is 1.23. The zero-order chi connectivity index (χ0) is 15.3. The summed E-state index contributed by atoms with van der Waals surface area (Å²) in [5.41, 5.74) is 6.35. The molecule has 0 aromatic heterocycles. The molecule has 0 aliphatic heterocycles. The highest BCUT2D eigenvalue weighted by molar-refractivity contribution is 5.87. The number of amides is 1. The van der Waals surface area contributed by atoms with Crippen LogP contribution in [-0.4, -0.2) is 41.3 Å². The molecule has 0 spiro atoms. The molecule has 1 aliphatic rings. The molecule has 21 heavy (non-hydrogen) atoms. The molecule has 0 aromatic rings. The molecule has 0 heterocycles. The summed E-state index contributed by atoms with van der Waals surface area (Å²) < 4.78 is 5.88. The van der Waals surface area contributed by atoms with Gasteiger partial charge in [0.2, 0.25) is 5.91 Å². The van der Waals surface area contributed by atoms with E-state index in [1.165, 1.54) is 6.92 Å². The fourth-order valence-corrected chi connectivity index (χ4v) is 2.38. The highest BCUT2D eigenvalue weighted by Gasteiger charge is 2.34. The van der Waals surface area contributed by atoms with Crippen LogP contribution in [0.3, 0.4) is 0 Å². The van der Waals surface area contributed by atoms with Crippen LogP contribution in [0, 0.1) is 0 Å². The summed E-state index contributed by atoms with van der Waals surface area (Å²) in [6, 6.07) is -0.856. The smallest absolute Gasteiger partial charge is 0.331 e. The van der Waals surface area contributed by atoms with Gasteiger partial charge in [0.25, 0.3) is 0 Å². The normalized spacial score (nSPS) is 25.0. The van der Waals surface area contributed by atoms with Crippen molar-refractivity contribution >= 4 is 24.3 Å². The van der Waals surface area contributed by atoms with Crippen LogP contribution >= 0.6 is 12.4 Å². The molecule has 122 valence electrons. The van der Waals surface area contributed by atoms with E-state index in [1.807, 2.05) is 13.8 Å². The van der Waals surface area contributed by atoms with Gasteiger partial charge in [-0.1, -0.05) is 13.8 Å². The van der Waals surface area contributed by atoms with Gasteiger partial charge in [-0.05, 0) is 18.9 Å². The maximum absolute atomic E-state index is 11.2. The summed E-state index contributed by atoms with van der Waals surface area (Å²) in [5.74, 6) is -1.22. The fraction of sp³-hybridized carbons (Fsp3) is 0.714. The first-order valence-electron chi connectivity index (χ1n) is 7.01. The van der Waals surface area contributed by atoms with Crippen molar-refractivity contribution in [1.29, 1.82) is 0 Å². The highest BCUT2D eigenvalue weighted by Crippen LogP contribution is 2.23. The van der Waals surface area contributed by atoms with Gasteiger partial charge in [0.05, 0.1) is 24.3 Å². The summed E-state index contributed by atoms with van der Waals surface area (Å²) >= 11 is 0. The highest BCUT2D eigenvalue weighted by atomic mass is 35.5. The number of hydrogen-bond donors (Lipinski definition) is 3. The molecular weight excluding hydrogens is 296 g/mol. The number of hydrogen-bond acceptors (Lipinski definition) is 4. The Kier molecular flexibility index (Phi) is 8.54. The van der Waals surface area contributed by atoms with Crippen molar-refractivity contribution in [2.24, 2.45) is 5.73 Å². The van der Waals surface area contributed by atoms with Crippen molar-refractivity contribution in [3.05, 3.63) is 11.6 Å². The fourth-order valence-electron chi connectivity index (χ4n) is 2.38. The number of rotatable bonds is 6. The number of halogens is 1. The quantitative estimate of drug-likeness (QED) is 0.683. The molecule has 4 N–H and O–H groups in total. The van der Waals surface area contributed by atoms with Crippen LogP contribution in [-0.2, 0) is 14.3 Å². The second kappa shape index (κ2) is 9.02. The maximum Gasteiger partial charge on any atom is 0.331 e. The molecule has 0 saturated heterocycles. The number of nitrogens with one attached hydrogen (secondary N) is 1. The SMILES string of the molecule is CCC(CC)O[C@@H]1C=C(C(=O)O)C[C@H](NC(C)=O)[C@H]1N.Cl. The molecule has 0 aromatic carbocycles. The predicted molar refractivity (Wildman–Crippen MR) is 82.4 cm³/mol. The van der Waals surface area contributed by atoms with Gasteiger partial charge in [-0.2, -0.15) is 0 Å². The van der Waals surface area contributed by atoms with Gasteiger partial charge in [-0.3, -0.25) is 4.79 Å². The van der Waals surface area contributed by atoms with Crippen LogP contribution in [0.15, 0.2) is 11.6 Å². The number of carbonyl (C=O) groups is 2. The Morgan fingerprint density at radius 1 is 1.48 bits per heavy atom. The molecule has 0 bridgehead atoms. The van der Waals surface area contributed by atoms with E-state index in [9.17, 15) is 9.59 Å². The average molecular weight is 321 g/mol. The lowest BCUT2D eigenvalue weighted by molar-refractivity contribution is -0.133. The molecule has 0 saturated carbocycles. The van der Waals surface area contributed by atoms with Crippen LogP contribution in [0.1, 0.15) is 40.0 Å². The third kappa shape index (κ3) is 5.65. The van der Waals surface area contributed by atoms with Gasteiger partial charge in [-0.15, -0.1) is 12.4 Å². The van der Waals surface area contributed by atoms with Crippen LogP contribution in [0.5, 0.6) is 0 Å². The zero-order valence-electron chi connectivity index (χ0n) is 12.7. The van der Waals surface area contributed by atoms with E-state index in [2.05, 4.69) is 5.32 Å². The molecule has 7 heteroatoms. The van der Waals surface area contributed by atoms with Crippen LogP contribution in [0.25, 0.3) is 0 Å². The molecule has 3 atom stereocenters. The van der Waals surface area contributed by atoms with Gasteiger partial charge >= 0.3 is 5.97 Å². The second-order valence-corrected chi connectivity index (χ2v) is 5.12. The van der Waals surface area contributed by atoms with E-state index >= 15 is 0 Å². The second-order valence-electron chi connectivity index (χ2n) is 5.12. The monoisotopic (exact) mass is 320 g/mol. The third-order valence-electron chi connectivity index (χ3n) is 3.57. The van der Waals surface area contributed by atoms with Crippen LogP contribution in [0.4, 0.5) is 0 Å². The Labute approximate surface area is 131 Å². The topological polar surface area (TPSA) is 102 Å². The van der Waals surface area contributed by atoms with Crippen molar-refractivity contribution in [1.82, 2.24) is 5.32 Å². The van der Waals surface area contributed by atoms with E-state index in [4.69, 9.17) is 15.6 Å². The van der Waals surface area contributed by atoms with Gasteiger partial charge in [0, 0.05) is 18.9 Å². The minimum Gasteiger partial charge on any atom is -0.478 e. The number of carbonyl (C=O) groups excluding carboxylic acids is 1. The summed E-state index contributed by atoms with van der Waals surface area (Å²) in [6.07, 6.45) is 3.01. The van der Waals surface area contributed by atoms with Crippen molar-refractivity contribution in [2.75, 3.05) is 0 Å². The summed E-state index contributed by atoms with van der Waals surface area (Å²) in [5, 5.41) is 11.9. The van der Waals surface area contributed by atoms with Crippen molar-refractivity contribution in [3.8, 4) is 0 Å². The lowest BCUT2D eigenvalue weighted by Crippen LogP contribution is -2.56. The third-order valence-corrected chi connectivity index (χ3v) is 3.57. The van der Waals surface area contributed by atoms with Gasteiger partial charge in [0.15, 0.2) is 0 Å². The summed E-state index contributed by atoms with van der Waals surface area (Å²) in [7, 11) is 0. The molecule has 0 unspecified atom stereocenters. The average Bonchev–Trinajstić information content (AvgIpc) is 2.38. The first-order valence-corrected chi connectivity index (χ1v) is 7.01. The standard InChI is InChI=1S/C14H24N2O4.ClH/c1-4-10(5-2)20-12-7-9(14(18)19)6-11(13(12)15)16-8(3)17;/h7,10-13H,4-6,15H2,1-3H3,(H,16,17)(H,18,19);1H/t11-,12+,13+;/m0./s1. The largest absolute Gasteiger partial charge is 0.478 e. The molecule has 1 rings (SSSR count). The van der Waals surface area contributed by atoms with Crippen molar-refractivity contribution in [2.45, 2.75) is 64.3 Å². The van der Waals surface area contributed by atoms with Gasteiger partial charge < -0.3 is 20.9 Å². The zero-order valence-corrected chi connectivity index (χ0v) is 13.5. The Morgan fingerprint density at radius 3 is 2.48 bits per heavy atom. The molecule has 1 aliphatic carbocycles. The minimum atomic E-state index is -0.995. The van der Waals surface area contributed by atoms with E-state index in [0.717, 1.165) is 12.8 Å².